The molecular weight excluding hydrogens is 389 g/mol. The van der Waals surface area contributed by atoms with Gasteiger partial charge >= 0.3 is 0 Å². The van der Waals surface area contributed by atoms with Crippen LogP contribution in [0.1, 0.15) is 21.7 Å². The second-order valence-electron chi connectivity index (χ2n) is 5.42. The van der Waals surface area contributed by atoms with Crippen LogP contribution >= 0.6 is 15.9 Å². The van der Waals surface area contributed by atoms with Crippen molar-refractivity contribution in [1.29, 1.82) is 0 Å². The lowest BCUT2D eigenvalue weighted by atomic mass is 10.0. The number of aromatic nitrogens is 1. The Morgan fingerprint density at radius 2 is 2.12 bits per heavy atom. The van der Waals surface area contributed by atoms with E-state index in [0.29, 0.717) is 27.3 Å². The molecule has 0 radical (unpaired) electrons. The zero-order valence-corrected chi connectivity index (χ0v) is 14.7. The second kappa shape index (κ2) is 7.48. The molecule has 5 nitrogen and oxygen atoms in total. The average molecular weight is 404 g/mol. The number of carbonyl (C=O) groups excluding carboxylic acids is 1. The van der Waals surface area contributed by atoms with Crippen molar-refractivity contribution in [3.63, 3.8) is 0 Å². The number of nitrogen functional groups attached to an aromatic ring is 1. The first kappa shape index (κ1) is 17.2. The number of Topliss-reactive ketones (excluding diaryl/α,β-unsaturated/α-hetero) is 1. The van der Waals surface area contributed by atoms with Gasteiger partial charge in [-0.15, -0.1) is 0 Å². The number of carbonyl (C=O) groups is 1. The minimum Gasteiger partial charge on any atom is -0.446 e. The molecule has 3 N–H and O–H groups in total. The van der Waals surface area contributed by atoms with E-state index in [0.717, 1.165) is 0 Å². The molecule has 0 aliphatic carbocycles. The van der Waals surface area contributed by atoms with Crippen molar-refractivity contribution in [3.8, 4) is 0 Å². The Hall–Kier alpha value is -2.67. The van der Waals surface area contributed by atoms with Crippen LogP contribution in [0.3, 0.4) is 0 Å². The summed E-state index contributed by atoms with van der Waals surface area (Å²) in [7, 11) is 0. The lowest BCUT2D eigenvalue weighted by Gasteiger charge is -2.10. The van der Waals surface area contributed by atoms with E-state index >= 15 is 0 Å². The average Bonchev–Trinajstić information content (AvgIpc) is 3.03. The summed E-state index contributed by atoms with van der Waals surface area (Å²) in [5.41, 5.74) is 7.53. The monoisotopic (exact) mass is 403 g/mol. The predicted molar refractivity (Wildman–Crippen MR) is 96.8 cm³/mol. The number of benzene rings is 1. The van der Waals surface area contributed by atoms with E-state index in [1.54, 1.807) is 42.6 Å². The fourth-order valence-corrected chi connectivity index (χ4v) is 2.67. The van der Waals surface area contributed by atoms with Crippen LogP contribution in [0.5, 0.6) is 0 Å². The molecule has 0 atom stereocenters. The van der Waals surface area contributed by atoms with Crippen LogP contribution in [-0.2, 0) is 13.0 Å². The van der Waals surface area contributed by atoms with E-state index in [2.05, 4.69) is 26.2 Å². The van der Waals surface area contributed by atoms with Gasteiger partial charge in [0.2, 0.25) is 5.78 Å². The zero-order valence-electron chi connectivity index (χ0n) is 13.1. The third-order valence-electron chi connectivity index (χ3n) is 3.63. The molecule has 0 aliphatic rings. The lowest BCUT2D eigenvalue weighted by Crippen LogP contribution is -2.07. The number of pyridine rings is 1. The molecule has 2 heterocycles. The van der Waals surface area contributed by atoms with Gasteiger partial charge < -0.3 is 15.5 Å². The summed E-state index contributed by atoms with van der Waals surface area (Å²) in [6.45, 7) is 0.232. The van der Waals surface area contributed by atoms with Crippen LogP contribution in [0.25, 0.3) is 0 Å². The Bertz CT molecular complexity index is 911. The van der Waals surface area contributed by atoms with Gasteiger partial charge in [0.05, 0.1) is 5.69 Å². The molecule has 0 saturated heterocycles. The fraction of sp³-hybridized carbons (Fsp3) is 0.111. The molecule has 0 bridgehead atoms. The van der Waals surface area contributed by atoms with Crippen molar-refractivity contribution in [1.82, 2.24) is 4.98 Å². The number of nitrogens with one attached hydrogen (secondary N) is 1. The molecule has 128 valence electrons. The number of halogens is 2. The molecule has 1 aromatic carbocycles. The number of ketones is 1. The minimum absolute atomic E-state index is 0.127. The normalized spacial score (nSPS) is 10.6. The molecule has 0 aliphatic heterocycles. The van der Waals surface area contributed by atoms with E-state index < -0.39 is 0 Å². The Morgan fingerprint density at radius 3 is 2.84 bits per heavy atom. The van der Waals surface area contributed by atoms with Gasteiger partial charge in [-0.05, 0) is 51.8 Å². The molecule has 2 aromatic heterocycles. The maximum absolute atomic E-state index is 14.0. The highest BCUT2D eigenvalue weighted by Crippen LogP contribution is 2.19. The van der Waals surface area contributed by atoms with Gasteiger partial charge in [0.1, 0.15) is 11.6 Å². The van der Waals surface area contributed by atoms with Crippen LogP contribution in [0, 0.1) is 5.82 Å². The number of hydrogen-bond acceptors (Lipinski definition) is 5. The van der Waals surface area contributed by atoms with Crippen LogP contribution in [0.15, 0.2) is 57.7 Å². The second-order valence-corrected chi connectivity index (χ2v) is 6.20. The Labute approximate surface area is 152 Å². The first-order valence-corrected chi connectivity index (χ1v) is 8.32. The van der Waals surface area contributed by atoms with Gasteiger partial charge in [-0.25, -0.2) is 9.37 Å². The number of anilines is 2. The van der Waals surface area contributed by atoms with Crippen LogP contribution in [-0.4, -0.2) is 10.8 Å². The summed E-state index contributed by atoms with van der Waals surface area (Å²) < 4.78 is 19.8. The number of nitrogens with two attached hydrogens (primary N) is 1. The Kier molecular flexibility index (Phi) is 5.14. The minimum atomic E-state index is -0.355. The smallest absolute Gasteiger partial charge is 0.202 e. The van der Waals surface area contributed by atoms with Gasteiger partial charge in [0.25, 0.3) is 0 Å². The highest BCUT2D eigenvalue weighted by Gasteiger charge is 2.13. The Morgan fingerprint density at radius 1 is 1.28 bits per heavy atom. The third-order valence-corrected chi connectivity index (χ3v) is 4.06. The van der Waals surface area contributed by atoms with Crippen molar-refractivity contribution < 1.29 is 13.6 Å². The fourth-order valence-electron chi connectivity index (χ4n) is 2.37. The van der Waals surface area contributed by atoms with E-state index in [4.69, 9.17) is 10.2 Å². The van der Waals surface area contributed by atoms with E-state index in [9.17, 15) is 9.18 Å². The molecule has 0 fully saturated rings. The van der Waals surface area contributed by atoms with Gasteiger partial charge in [0, 0.05) is 24.7 Å². The lowest BCUT2D eigenvalue weighted by molar-refractivity contribution is 0.0965. The van der Waals surface area contributed by atoms with Crippen molar-refractivity contribution >= 4 is 33.2 Å². The maximum atomic E-state index is 14.0. The molecule has 0 unspecified atom stereocenters. The van der Waals surface area contributed by atoms with E-state index in [-0.39, 0.29) is 30.3 Å². The standard InChI is InChI=1S/C18H15BrFN3O2/c19-17-6-5-16(25-17)15(24)9-11-3-4-13(20)12(8-11)10-23-14-2-1-7-22-18(14)21/h1-8,23H,9-10H2,(H2,21,22). The van der Waals surface area contributed by atoms with Crippen LogP contribution < -0.4 is 11.1 Å². The van der Waals surface area contributed by atoms with Crippen molar-refractivity contribution in [2.45, 2.75) is 13.0 Å². The molecule has 3 rings (SSSR count). The van der Waals surface area contributed by atoms with Gasteiger partial charge in [0.15, 0.2) is 10.4 Å². The molecule has 0 saturated carbocycles. The van der Waals surface area contributed by atoms with Crippen molar-refractivity contribution in [3.05, 3.63) is 76.0 Å². The molecule has 25 heavy (non-hydrogen) atoms. The topological polar surface area (TPSA) is 81.1 Å². The maximum Gasteiger partial charge on any atom is 0.202 e. The van der Waals surface area contributed by atoms with Crippen molar-refractivity contribution in [2.24, 2.45) is 0 Å². The van der Waals surface area contributed by atoms with Gasteiger partial charge in [-0.3, -0.25) is 4.79 Å². The van der Waals surface area contributed by atoms with Crippen molar-refractivity contribution in [2.75, 3.05) is 11.1 Å². The van der Waals surface area contributed by atoms with Crippen LogP contribution in [0.2, 0.25) is 0 Å². The molecule has 0 spiro atoms. The molecular formula is C18H15BrFN3O2. The van der Waals surface area contributed by atoms with Gasteiger partial charge in [-0.2, -0.15) is 0 Å². The highest BCUT2D eigenvalue weighted by atomic mass is 79.9. The quantitative estimate of drug-likeness (QED) is 0.602. The summed E-state index contributed by atoms with van der Waals surface area (Å²) in [5, 5.41) is 3.05. The molecule has 0 amide bonds. The third kappa shape index (κ3) is 4.24. The Balaban J connectivity index is 1.72. The molecule has 7 heteroatoms. The summed E-state index contributed by atoms with van der Waals surface area (Å²) >= 11 is 3.16. The number of rotatable bonds is 6. The first-order chi connectivity index (χ1) is 12.0. The summed E-state index contributed by atoms with van der Waals surface area (Å²) in [6.07, 6.45) is 1.71. The number of nitrogens with zero attached hydrogens (tertiary/aromatic N) is 1. The summed E-state index contributed by atoms with van der Waals surface area (Å²) in [6, 6.07) is 11.4. The first-order valence-electron chi connectivity index (χ1n) is 7.53. The molecule has 3 aromatic rings. The van der Waals surface area contributed by atoms with E-state index in [1.165, 1.54) is 6.07 Å². The summed E-state index contributed by atoms with van der Waals surface area (Å²) in [5.74, 6) is 0.0799. The number of hydrogen-bond donors (Lipinski definition) is 2. The predicted octanol–water partition coefficient (Wildman–Crippen LogP) is 4.20. The SMILES string of the molecule is Nc1ncccc1NCc1cc(CC(=O)c2ccc(Br)o2)ccc1F. The van der Waals surface area contributed by atoms with E-state index in [1.807, 2.05) is 0 Å². The highest BCUT2D eigenvalue weighted by molar-refractivity contribution is 9.10. The summed E-state index contributed by atoms with van der Waals surface area (Å²) in [4.78, 5) is 16.2. The zero-order chi connectivity index (χ0) is 17.8. The van der Waals surface area contributed by atoms with Crippen LogP contribution in [0.4, 0.5) is 15.9 Å². The number of furan rings is 1. The van der Waals surface area contributed by atoms with Gasteiger partial charge in [-0.1, -0.05) is 12.1 Å². The largest absolute Gasteiger partial charge is 0.446 e.